The van der Waals surface area contributed by atoms with E-state index in [1.807, 2.05) is 0 Å². The maximum atomic E-state index is 12.6. The molecule has 14 nitrogen and oxygen atoms in total. The molecule has 1 fully saturated rings. The van der Waals surface area contributed by atoms with Gasteiger partial charge in [-0.2, -0.15) is 0 Å². The fraction of sp³-hybridized carbons (Fsp3) is 0.364. The molecule has 4 N–H and O–H groups in total. The van der Waals surface area contributed by atoms with Gasteiger partial charge >= 0.3 is 71.2 Å². The molecular weight excluding hydrogens is 558 g/mol. The maximum Gasteiger partial charge on any atom is 1.00 e. The summed E-state index contributed by atoms with van der Waals surface area (Å²) >= 11 is 1.22. The number of carboxylic acid groups (broad SMARTS) is 2. The van der Waals surface area contributed by atoms with E-state index >= 15 is 0 Å². The average molecular weight is 580 g/mol. The van der Waals surface area contributed by atoms with Gasteiger partial charge in [-0.25, -0.2) is 4.79 Å². The number of rotatable bonds is 10. The van der Waals surface area contributed by atoms with E-state index in [0.29, 0.717) is 11.3 Å². The minimum absolute atomic E-state index is 0. The Morgan fingerprint density at radius 1 is 1.13 bits per heavy atom. The van der Waals surface area contributed by atoms with Crippen LogP contribution < -0.4 is 85.7 Å². The Bertz CT molecular complexity index is 1160. The van der Waals surface area contributed by atoms with Crippen LogP contribution in [0.1, 0.15) is 12.5 Å². The molecule has 2 aliphatic heterocycles. The molecule has 39 heavy (non-hydrogen) atoms. The van der Waals surface area contributed by atoms with Crippen molar-refractivity contribution >= 4 is 53.3 Å². The van der Waals surface area contributed by atoms with E-state index < -0.39 is 59.9 Å². The number of carbonyl (C=O) groups excluding carboxylic acids is 6. The number of esters is 1. The second-order valence-electron chi connectivity index (χ2n) is 8.00. The Morgan fingerprint density at radius 2 is 1.77 bits per heavy atom. The van der Waals surface area contributed by atoms with Gasteiger partial charge in [-0.15, -0.1) is 11.8 Å². The second-order valence-corrected chi connectivity index (χ2v) is 9.10. The third-order valence-electron chi connectivity index (χ3n) is 5.27. The summed E-state index contributed by atoms with van der Waals surface area (Å²) in [6.45, 7) is 0.321. The smallest absolute Gasteiger partial charge is 0.548 e. The Labute approximate surface area is 271 Å². The molecule has 0 aliphatic carbocycles. The number of benzene rings is 1. The number of hydrogen-bond acceptors (Lipinski definition) is 12. The molecule has 198 valence electrons. The number of thioether (sulfide) groups is 1. The molecule has 3 atom stereocenters. The number of anilines is 1. The first kappa shape index (κ1) is 34.9. The molecule has 0 saturated carbocycles. The minimum atomic E-state index is -1.58. The molecule has 0 unspecified atom stereocenters. The van der Waals surface area contributed by atoms with Gasteiger partial charge in [0.1, 0.15) is 24.6 Å². The number of aliphatic carboxylic acids is 2. The third-order valence-corrected chi connectivity index (χ3v) is 6.61. The van der Waals surface area contributed by atoms with Crippen LogP contribution in [0.15, 0.2) is 35.5 Å². The second kappa shape index (κ2) is 15.6. The van der Waals surface area contributed by atoms with E-state index in [1.54, 1.807) is 12.1 Å². The van der Waals surface area contributed by atoms with Crippen LogP contribution in [0.5, 0.6) is 0 Å². The van der Waals surface area contributed by atoms with Crippen molar-refractivity contribution in [2.24, 2.45) is 5.73 Å². The molecule has 0 bridgehead atoms. The van der Waals surface area contributed by atoms with Crippen LogP contribution in [-0.4, -0.2) is 77.1 Å². The molecular formula is C22H22N4Na2O10S. The number of hydrogen-bond donors (Lipinski definition) is 3. The summed E-state index contributed by atoms with van der Waals surface area (Å²) in [4.78, 5) is 71.1. The molecule has 0 aromatic heterocycles. The normalized spacial score (nSPS) is 18.2. The van der Waals surface area contributed by atoms with E-state index in [2.05, 4.69) is 15.4 Å². The van der Waals surface area contributed by atoms with Crippen LogP contribution in [0, 0.1) is 0 Å². The standard InChI is InChI=1S/C22H24N4O10S.2Na/c1-10(27)35-7-12-9-37-19-16(18(29)26(19)17(12)21(32)33)25-15(28)6-11-2-4-13(5-3-11)24-22(34)36-8-14(23)20(30)31;;/h2-5,14,16,19H,6-9,23H2,1H3,(H,24,34)(H,25,28)(H,30,31)(H,32,33);;/q;2*+1/p-2/t14-,16-,19-;;/m1../s1. The first-order chi connectivity index (χ1) is 17.5. The summed E-state index contributed by atoms with van der Waals surface area (Å²) in [5, 5.41) is 26.5. The van der Waals surface area contributed by atoms with Crippen LogP contribution in [0.2, 0.25) is 0 Å². The topological polar surface area (TPSA) is 220 Å². The molecule has 1 aromatic carbocycles. The Morgan fingerprint density at radius 3 is 2.33 bits per heavy atom. The number of nitrogens with two attached hydrogens (primary N) is 1. The van der Waals surface area contributed by atoms with Crippen LogP contribution in [0.25, 0.3) is 0 Å². The first-order valence-corrected chi connectivity index (χ1v) is 11.8. The monoisotopic (exact) mass is 580 g/mol. The van der Waals surface area contributed by atoms with Crippen molar-refractivity contribution in [2.45, 2.75) is 30.8 Å². The summed E-state index contributed by atoms with van der Waals surface area (Å²) in [6.07, 6.45) is -1.03. The fourth-order valence-corrected chi connectivity index (χ4v) is 4.80. The largest absolute Gasteiger partial charge is 1.00 e. The van der Waals surface area contributed by atoms with E-state index in [4.69, 9.17) is 10.5 Å². The van der Waals surface area contributed by atoms with Gasteiger partial charge in [-0.05, 0) is 17.7 Å². The van der Waals surface area contributed by atoms with Gasteiger partial charge in [0.15, 0.2) is 0 Å². The van der Waals surface area contributed by atoms with Crippen LogP contribution in [0.4, 0.5) is 10.5 Å². The zero-order chi connectivity index (χ0) is 27.3. The van der Waals surface area contributed by atoms with Gasteiger partial charge in [-0.3, -0.25) is 24.6 Å². The van der Waals surface area contributed by atoms with Gasteiger partial charge in [0.25, 0.3) is 5.91 Å². The number of ether oxygens (including phenoxy) is 2. The molecule has 2 heterocycles. The number of carboxylic acids is 2. The average Bonchev–Trinajstić information content (AvgIpc) is 2.84. The van der Waals surface area contributed by atoms with Crippen molar-refractivity contribution in [2.75, 3.05) is 24.3 Å². The Hall–Kier alpha value is -2.11. The van der Waals surface area contributed by atoms with Gasteiger partial charge in [0.2, 0.25) is 5.91 Å². The predicted octanol–water partition coefficient (Wildman–Crippen LogP) is -9.17. The molecule has 3 amide bonds. The molecule has 17 heteroatoms. The third kappa shape index (κ3) is 9.21. The van der Waals surface area contributed by atoms with Crippen LogP contribution in [-0.2, 0) is 39.9 Å². The fourth-order valence-electron chi connectivity index (χ4n) is 3.47. The predicted molar refractivity (Wildman–Crippen MR) is 122 cm³/mol. The van der Waals surface area contributed by atoms with Crippen molar-refractivity contribution in [3.8, 4) is 0 Å². The number of fused-ring (bicyclic) bond motifs is 1. The SMILES string of the molecule is CC(=O)OCC1=C(C(=O)[O-])N2C(=O)[C@@H](NC(=O)Cc3ccc(NC(=O)OC[C@@H](N)C(=O)[O-])cc3)[C@H]2SC1.[Na+].[Na+]. The summed E-state index contributed by atoms with van der Waals surface area (Å²) in [5.74, 6) is -4.67. The molecule has 2 aliphatic rings. The zero-order valence-electron chi connectivity index (χ0n) is 21.4. The van der Waals surface area contributed by atoms with E-state index in [-0.39, 0.29) is 89.2 Å². The van der Waals surface area contributed by atoms with Gasteiger partial charge < -0.3 is 40.3 Å². The Balaban J connectivity index is 0.00000380. The molecule has 0 spiro atoms. The van der Waals surface area contributed by atoms with E-state index in [9.17, 15) is 39.0 Å². The summed E-state index contributed by atoms with van der Waals surface area (Å²) in [7, 11) is 0. The quantitative estimate of drug-likeness (QED) is 0.133. The van der Waals surface area contributed by atoms with Crippen molar-refractivity contribution in [1.82, 2.24) is 10.2 Å². The van der Waals surface area contributed by atoms with Crippen LogP contribution >= 0.6 is 11.8 Å². The van der Waals surface area contributed by atoms with Gasteiger partial charge in [0, 0.05) is 23.9 Å². The molecule has 1 aromatic rings. The number of nitrogens with zero attached hydrogens (tertiary/aromatic N) is 1. The van der Waals surface area contributed by atoms with Gasteiger partial charge in [0.05, 0.1) is 30.1 Å². The summed E-state index contributed by atoms with van der Waals surface area (Å²) in [6, 6.07) is 3.66. The van der Waals surface area contributed by atoms with Crippen LogP contribution in [0.3, 0.4) is 0 Å². The number of β-lactam (4-membered cyclic amide) rings is 1. The first-order valence-electron chi connectivity index (χ1n) is 10.8. The van der Waals surface area contributed by atoms with E-state index in [1.165, 1.54) is 30.8 Å². The molecule has 0 radical (unpaired) electrons. The number of carbonyl (C=O) groups is 6. The molecule has 1 saturated heterocycles. The zero-order valence-corrected chi connectivity index (χ0v) is 26.2. The number of amides is 3. The van der Waals surface area contributed by atoms with Crippen molar-refractivity contribution in [3.05, 3.63) is 41.1 Å². The van der Waals surface area contributed by atoms with Crippen molar-refractivity contribution in [1.29, 1.82) is 0 Å². The summed E-state index contributed by atoms with van der Waals surface area (Å²) in [5.41, 5.74) is 5.92. The minimum Gasteiger partial charge on any atom is -0.548 e. The van der Waals surface area contributed by atoms with Gasteiger partial charge in [-0.1, -0.05) is 12.1 Å². The molecule has 3 rings (SSSR count). The van der Waals surface area contributed by atoms with E-state index in [0.717, 1.165) is 4.90 Å². The summed E-state index contributed by atoms with van der Waals surface area (Å²) < 4.78 is 9.52. The van der Waals surface area contributed by atoms with Crippen molar-refractivity contribution < 1.29 is 108 Å². The Kier molecular flexibility index (Phi) is 14.0. The van der Waals surface area contributed by atoms with Crippen molar-refractivity contribution in [3.63, 3.8) is 0 Å². The maximum absolute atomic E-state index is 12.6. The number of nitrogens with one attached hydrogen (secondary N) is 2.